The summed E-state index contributed by atoms with van der Waals surface area (Å²) >= 11 is 0. The molecule has 2 aromatic rings. The van der Waals surface area contributed by atoms with Gasteiger partial charge in [-0.3, -0.25) is 0 Å². The van der Waals surface area contributed by atoms with Crippen LogP contribution in [0.15, 0.2) is 30.5 Å². The molecule has 0 atom stereocenters. The van der Waals surface area contributed by atoms with E-state index in [-0.39, 0.29) is 5.60 Å². The van der Waals surface area contributed by atoms with Gasteiger partial charge in [-0.25, -0.2) is 0 Å². The van der Waals surface area contributed by atoms with Gasteiger partial charge >= 0.3 is 0 Å². The summed E-state index contributed by atoms with van der Waals surface area (Å²) in [6.07, 6.45) is 2.15. The van der Waals surface area contributed by atoms with Crippen molar-refractivity contribution in [3.8, 4) is 0 Å². The first-order valence-corrected chi connectivity index (χ1v) is 7.42. The van der Waals surface area contributed by atoms with Crippen molar-refractivity contribution in [2.75, 3.05) is 13.2 Å². The third-order valence-electron chi connectivity index (χ3n) is 3.28. The lowest BCUT2D eigenvalue weighted by atomic mass is 10.1. The lowest BCUT2D eigenvalue weighted by molar-refractivity contribution is -0.00644. The van der Waals surface area contributed by atoms with Crippen LogP contribution in [-0.2, 0) is 17.8 Å². The lowest BCUT2D eigenvalue weighted by Crippen LogP contribution is -2.21. The summed E-state index contributed by atoms with van der Waals surface area (Å²) < 4.78 is 8.09. The fraction of sp³-hybridized carbons (Fsp3) is 0.529. The van der Waals surface area contributed by atoms with Gasteiger partial charge in [0.05, 0.1) is 12.2 Å². The SMILES string of the molecule is CCNCc1ccc2ccn(CCOC(C)(C)C)c2c1. The minimum Gasteiger partial charge on any atom is -0.374 e. The van der Waals surface area contributed by atoms with E-state index >= 15 is 0 Å². The van der Waals surface area contributed by atoms with Gasteiger partial charge in [0, 0.05) is 24.8 Å². The summed E-state index contributed by atoms with van der Waals surface area (Å²) in [5, 5.41) is 4.66. The molecule has 0 aliphatic rings. The topological polar surface area (TPSA) is 26.2 Å². The third kappa shape index (κ3) is 4.09. The summed E-state index contributed by atoms with van der Waals surface area (Å²) in [7, 11) is 0. The van der Waals surface area contributed by atoms with E-state index in [1.165, 1.54) is 16.5 Å². The maximum absolute atomic E-state index is 5.81. The van der Waals surface area contributed by atoms with E-state index in [1.807, 2.05) is 0 Å². The van der Waals surface area contributed by atoms with E-state index in [2.05, 4.69) is 68.0 Å². The van der Waals surface area contributed by atoms with Crippen molar-refractivity contribution in [1.82, 2.24) is 9.88 Å². The Hall–Kier alpha value is -1.32. The van der Waals surface area contributed by atoms with Crippen molar-refractivity contribution < 1.29 is 4.74 Å². The average molecular weight is 274 g/mol. The fourth-order valence-electron chi connectivity index (χ4n) is 2.25. The Morgan fingerprint density at radius 1 is 1.20 bits per heavy atom. The molecule has 3 nitrogen and oxygen atoms in total. The van der Waals surface area contributed by atoms with Crippen molar-refractivity contribution in [1.29, 1.82) is 0 Å². The van der Waals surface area contributed by atoms with Crippen molar-refractivity contribution in [3.63, 3.8) is 0 Å². The second-order valence-corrected chi connectivity index (χ2v) is 6.14. The highest BCUT2D eigenvalue weighted by Crippen LogP contribution is 2.18. The first-order chi connectivity index (χ1) is 9.49. The quantitative estimate of drug-likeness (QED) is 0.871. The van der Waals surface area contributed by atoms with Gasteiger partial charge in [0.25, 0.3) is 0 Å². The molecule has 1 N–H and O–H groups in total. The largest absolute Gasteiger partial charge is 0.374 e. The van der Waals surface area contributed by atoms with Crippen LogP contribution in [-0.4, -0.2) is 23.3 Å². The highest BCUT2D eigenvalue weighted by atomic mass is 16.5. The normalized spacial score (nSPS) is 12.2. The number of hydrogen-bond donors (Lipinski definition) is 1. The maximum Gasteiger partial charge on any atom is 0.0652 e. The third-order valence-corrected chi connectivity index (χ3v) is 3.28. The number of nitrogens with zero attached hydrogens (tertiary/aromatic N) is 1. The molecular weight excluding hydrogens is 248 g/mol. The van der Waals surface area contributed by atoms with E-state index in [0.29, 0.717) is 0 Å². The monoisotopic (exact) mass is 274 g/mol. The zero-order valence-corrected chi connectivity index (χ0v) is 13.1. The number of rotatable bonds is 6. The van der Waals surface area contributed by atoms with Gasteiger partial charge in [-0.15, -0.1) is 0 Å². The first-order valence-electron chi connectivity index (χ1n) is 7.42. The zero-order chi connectivity index (χ0) is 14.6. The molecule has 0 aliphatic heterocycles. The van der Waals surface area contributed by atoms with Crippen LogP contribution in [0.1, 0.15) is 33.3 Å². The maximum atomic E-state index is 5.81. The molecule has 2 rings (SSSR count). The van der Waals surface area contributed by atoms with Crippen LogP contribution < -0.4 is 5.32 Å². The first kappa shape index (κ1) is 15.1. The van der Waals surface area contributed by atoms with Crippen LogP contribution in [0.3, 0.4) is 0 Å². The van der Waals surface area contributed by atoms with Crippen molar-refractivity contribution in [2.24, 2.45) is 0 Å². The molecule has 0 amide bonds. The summed E-state index contributed by atoms with van der Waals surface area (Å²) in [5.74, 6) is 0. The van der Waals surface area contributed by atoms with Gasteiger partial charge in [0.15, 0.2) is 0 Å². The second kappa shape index (κ2) is 6.42. The zero-order valence-electron chi connectivity index (χ0n) is 13.1. The molecule has 0 spiro atoms. The molecule has 20 heavy (non-hydrogen) atoms. The minimum atomic E-state index is -0.0703. The molecule has 1 aromatic carbocycles. The molecule has 0 radical (unpaired) electrons. The van der Waals surface area contributed by atoms with Gasteiger partial charge in [0.2, 0.25) is 0 Å². The molecule has 0 unspecified atom stereocenters. The molecule has 3 heteroatoms. The van der Waals surface area contributed by atoms with Crippen LogP contribution in [0.5, 0.6) is 0 Å². The molecule has 0 fully saturated rings. The summed E-state index contributed by atoms with van der Waals surface area (Å²) in [4.78, 5) is 0. The van der Waals surface area contributed by atoms with Gasteiger partial charge in [-0.1, -0.05) is 19.1 Å². The Balaban J connectivity index is 2.08. The standard InChI is InChI=1S/C17H26N2O/c1-5-18-13-14-6-7-15-8-9-19(16(15)12-14)10-11-20-17(2,3)4/h6-9,12,18H,5,10-11,13H2,1-4H3. The Bertz CT molecular complexity index is 552. The van der Waals surface area contributed by atoms with Crippen LogP contribution in [0.25, 0.3) is 10.9 Å². The number of hydrogen-bond acceptors (Lipinski definition) is 2. The van der Waals surface area contributed by atoms with Crippen molar-refractivity contribution in [2.45, 2.75) is 46.4 Å². The fourth-order valence-corrected chi connectivity index (χ4v) is 2.25. The molecular formula is C17H26N2O. The lowest BCUT2D eigenvalue weighted by Gasteiger charge is -2.19. The van der Waals surface area contributed by atoms with Gasteiger partial charge in [-0.05, 0) is 50.4 Å². The Kier molecular flexibility index (Phi) is 4.84. The highest BCUT2D eigenvalue weighted by Gasteiger charge is 2.10. The molecule has 1 heterocycles. The smallest absolute Gasteiger partial charge is 0.0652 e. The molecule has 0 saturated carbocycles. The van der Waals surface area contributed by atoms with Crippen LogP contribution in [0, 0.1) is 0 Å². The average Bonchev–Trinajstić information content (AvgIpc) is 2.78. The number of ether oxygens (including phenoxy) is 1. The van der Waals surface area contributed by atoms with Crippen LogP contribution in [0.4, 0.5) is 0 Å². The predicted octanol–water partition coefficient (Wildman–Crippen LogP) is 3.57. The highest BCUT2D eigenvalue weighted by molar-refractivity contribution is 5.80. The van der Waals surface area contributed by atoms with Crippen molar-refractivity contribution in [3.05, 3.63) is 36.0 Å². The van der Waals surface area contributed by atoms with Gasteiger partial charge in [-0.2, -0.15) is 0 Å². The Labute approximate surface area is 121 Å². The number of fused-ring (bicyclic) bond motifs is 1. The number of benzene rings is 1. The Morgan fingerprint density at radius 2 is 2.00 bits per heavy atom. The molecule has 0 aliphatic carbocycles. The van der Waals surface area contributed by atoms with E-state index in [9.17, 15) is 0 Å². The van der Waals surface area contributed by atoms with Gasteiger partial charge < -0.3 is 14.6 Å². The summed E-state index contributed by atoms with van der Waals surface area (Å²) in [6, 6.07) is 8.84. The van der Waals surface area contributed by atoms with Crippen LogP contribution in [0.2, 0.25) is 0 Å². The summed E-state index contributed by atoms with van der Waals surface area (Å²) in [6.45, 7) is 12.0. The molecule has 0 saturated heterocycles. The van der Waals surface area contributed by atoms with Gasteiger partial charge in [0.1, 0.15) is 0 Å². The van der Waals surface area contributed by atoms with E-state index < -0.39 is 0 Å². The summed E-state index contributed by atoms with van der Waals surface area (Å²) in [5.41, 5.74) is 2.55. The van der Waals surface area contributed by atoms with E-state index in [4.69, 9.17) is 4.74 Å². The predicted molar refractivity (Wildman–Crippen MR) is 85.0 cm³/mol. The molecule has 110 valence electrons. The Morgan fingerprint density at radius 3 is 2.70 bits per heavy atom. The minimum absolute atomic E-state index is 0.0703. The van der Waals surface area contributed by atoms with Crippen molar-refractivity contribution >= 4 is 10.9 Å². The number of nitrogens with one attached hydrogen (secondary N) is 1. The molecule has 1 aromatic heterocycles. The van der Waals surface area contributed by atoms with E-state index in [0.717, 1.165) is 26.2 Å². The molecule has 0 bridgehead atoms. The van der Waals surface area contributed by atoms with E-state index in [1.54, 1.807) is 0 Å². The second-order valence-electron chi connectivity index (χ2n) is 6.14. The number of aromatic nitrogens is 1. The van der Waals surface area contributed by atoms with Crippen LogP contribution >= 0.6 is 0 Å².